The summed E-state index contributed by atoms with van der Waals surface area (Å²) < 4.78 is 6.48. The van der Waals surface area contributed by atoms with E-state index in [0.717, 1.165) is 33.9 Å². The largest absolute Gasteiger partial charge is 0.422 e. The fraction of sp³-hybridized carbons (Fsp3) is 0.222. The summed E-state index contributed by atoms with van der Waals surface area (Å²) in [6.45, 7) is 6.89. The molecule has 1 amide bonds. The van der Waals surface area contributed by atoms with E-state index in [1.54, 1.807) is 23.1 Å². The lowest BCUT2D eigenvalue weighted by Gasteiger charge is -2.24. The fourth-order valence-electron chi connectivity index (χ4n) is 4.25. The number of halogens is 2. The monoisotopic (exact) mass is 541 g/mol. The Bertz CT molecular complexity index is 1610. The Morgan fingerprint density at radius 2 is 1.78 bits per heavy atom. The van der Waals surface area contributed by atoms with Crippen LogP contribution in [0.3, 0.4) is 0 Å². The third kappa shape index (κ3) is 4.84. The SMILES string of the molecule is CCN(CC)CCN(C(=O)c1cc2c(ccc3ccccc32)oc1=O)c1nc2c(Cl)cccc2s1.Cl. The zero-order valence-corrected chi connectivity index (χ0v) is 22.3. The van der Waals surface area contributed by atoms with Gasteiger partial charge in [0.25, 0.3) is 5.91 Å². The smallest absolute Gasteiger partial charge is 0.349 e. The fourth-order valence-corrected chi connectivity index (χ4v) is 5.54. The lowest BCUT2D eigenvalue weighted by molar-refractivity contribution is 0.0980. The van der Waals surface area contributed by atoms with Crippen LogP contribution in [0.5, 0.6) is 0 Å². The normalized spacial score (nSPS) is 11.3. The van der Waals surface area contributed by atoms with E-state index < -0.39 is 11.5 Å². The number of amides is 1. The number of fused-ring (bicyclic) bond motifs is 4. The van der Waals surface area contributed by atoms with Crippen LogP contribution in [-0.4, -0.2) is 42.0 Å². The van der Waals surface area contributed by atoms with Gasteiger partial charge in [0.05, 0.1) is 9.72 Å². The Balaban J connectivity index is 0.00000304. The lowest BCUT2D eigenvalue weighted by Crippen LogP contribution is -2.40. The number of rotatable bonds is 7. The Hall–Kier alpha value is -2.97. The van der Waals surface area contributed by atoms with Crippen molar-refractivity contribution in [3.8, 4) is 0 Å². The molecule has 0 aliphatic rings. The van der Waals surface area contributed by atoms with E-state index in [2.05, 4.69) is 23.7 Å². The summed E-state index contributed by atoms with van der Waals surface area (Å²) in [5, 5.41) is 3.68. The summed E-state index contributed by atoms with van der Waals surface area (Å²) >= 11 is 7.74. The number of likely N-dealkylation sites (N-methyl/N-ethyl adjacent to an activating group) is 1. The van der Waals surface area contributed by atoms with Gasteiger partial charge in [-0.2, -0.15) is 0 Å². The molecule has 2 heterocycles. The molecule has 0 unspecified atom stereocenters. The van der Waals surface area contributed by atoms with Gasteiger partial charge in [-0.1, -0.05) is 73.2 Å². The number of thiazole rings is 1. The van der Waals surface area contributed by atoms with E-state index in [4.69, 9.17) is 16.0 Å². The highest BCUT2D eigenvalue weighted by Crippen LogP contribution is 2.33. The molecule has 5 aromatic rings. The van der Waals surface area contributed by atoms with Gasteiger partial charge in [0.15, 0.2) is 5.13 Å². The molecule has 6 nitrogen and oxygen atoms in total. The number of carbonyl (C=O) groups excluding carboxylic acids is 1. The topological polar surface area (TPSA) is 66.7 Å². The minimum Gasteiger partial charge on any atom is -0.422 e. The molecule has 2 aromatic heterocycles. The summed E-state index contributed by atoms with van der Waals surface area (Å²) in [5.41, 5.74) is 0.418. The van der Waals surface area contributed by atoms with Crippen molar-refractivity contribution in [1.29, 1.82) is 0 Å². The summed E-state index contributed by atoms with van der Waals surface area (Å²) in [4.78, 5) is 35.3. The van der Waals surface area contributed by atoms with Gasteiger partial charge >= 0.3 is 5.63 Å². The van der Waals surface area contributed by atoms with Gasteiger partial charge in [0.1, 0.15) is 16.7 Å². The molecule has 0 atom stereocenters. The van der Waals surface area contributed by atoms with Crippen LogP contribution in [0.1, 0.15) is 24.2 Å². The van der Waals surface area contributed by atoms with Crippen molar-refractivity contribution in [3.63, 3.8) is 0 Å². The van der Waals surface area contributed by atoms with Crippen LogP contribution in [0.25, 0.3) is 32.0 Å². The average molecular weight is 542 g/mol. The van der Waals surface area contributed by atoms with E-state index in [1.807, 2.05) is 42.5 Å². The molecule has 0 aliphatic heterocycles. The second-order valence-corrected chi connectivity index (χ2v) is 9.63. The minimum absolute atomic E-state index is 0. The number of anilines is 1. The summed E-state index contributed by atoms with van der Waals surface area (Å²) in [7, 11) is 0. The van der Waals surface area contributed by atoms with Crippen LogP contribution in [0.4, 0.5) is 5.13 Å². The first-order valence-electron chi connectivity index (χ1n) is 11.5. The predicted octanol–water partition coefficient (Wildman–Crippen LogP) is 6.62. The van der Waals surface area contributed by atoms with Crippen molar-refractivity contribution in [2.45, 2.75) is 13.8 Å². The zero-order valence-electron chi connectivity index (χ0n) is 19.9. The Labute approximate surface area is 223 Å². The molecule has 186 valence electrons. The first-order chi connectivity index (χ1) is 17.0. The van der Waals surface area contributed by atoms with E-state index in [-0.39, 0.29) is 18.0 Å². The van der Waals surface area contributed by atoms with Crippen LogP contribution >= 0.6 is 35.3 Å². The van der Waals surface area contributed by atoms with E-state index >= 15 is 0 Å². The molecule has 5 rings (SSSR count). The first kappa shape index (κ1) is 26.1. The highest BCUT2D eigenvalue weighted by atomic mass is 35.5. The highest BCUT2D eigenvalue weighted by Gasteiger charge is 2.26. The number of aromatic nitrogens is 1. The number of benzene rings is 3. The molecule has 0 N–H and O–H groups in total. The van der Waals surface area contributed by atoms with E-state index in [1.165, 1.54) is 11.3 Å². The van der Waals surface area contributed by atoms with Gasteiger partial charge in [0.2, 0.25) is 0 Å². The molecule has 3 aromatic carbocycles. The Kier molecular flexibility index (Phi) is 7.95. The van der Waals surface area contributed by atoms with Gasteiger partial charge in [-0.25, -0.2) is 9.78 Å². The molecule has 0 fully saturated rings. The van der Waals surface area contributed by atoms with Crippen LogP contribution in [0, 0.1) is 0 Å². The van der Waals surface area contributed by atoms with Crippen LogP contribution < -0.4 is 10.5 Å². The predicted molar refractivity (Wildman–Crippen MR) is 151 cm³/mol. The number of hydrogen-bond acceptors (Lipinski definition) is 6. The average Bonchev–Trinajstić information content (AvgIpc) is 3.31. The third-order valence-electron chi connectivity index (χ3n) is 6.24. The molecule has 9 heteroatoms. The zero-order chi connectivity index (χ0) is 24.5. The molecule has 0 saturated carbocycles. The molecule has 0 radical (unpaired) electrons. The van der Waals surface area contributed by atoms with Crippen LogP contribution in [0.15, 0.2) is 69.9 Å². The van der Waals surface area contributed by atoms with Gasteiger partial charge in [-0.05, 0) is 48.1 Å². The van der Waals surface area contributed by atoms with Crippen molar-refractivity contribution in [1.82, 2.24) is 9.88 Å². The summed E-state index contributed by atoms with van der Waals surface area (Å²) in [6, 6.07) is 18.7. The standard InChI is InChI=1S/C27H24ClN3O3S.ClH/c1-3-30(4-2)14-15-31(27-29-24-21(28)10-7-11-23(24)35-27)25(32)20-16-19-18-9-6-5-8-17(18)12-13-22(19)34-26(20)33;/h5-13,16H,3-4,14-15H2,1-2H3;1H. The Morgan fingerprint density at radius 3 is 2.53 bits per heavy atom. The molecule has 0 saturated heterocycles. The number of carbonyl (C=O) groups is 1. The van der Waals surface area contributed by atoms with Gasteiger partial charge in [0, 0.05) is 18.5 Å². The number of hydrogen-bond donors (Lipinski definition) is 0. The maximum atomic E-state index is 13.9. The lowest BCUT2D eigenvalue weighted by atomic mass is 10.0. The third-order valence-corrected chi connectivity index (χ3v) is 7.59. The molecular formula is C27H25Cl2N3O3S. The first-order valence-corrected chi connectivity index (χ1v) is 12.7. The minimum atomic E-state index is -0.662. The maximum absolute atomic E-state index is 13.9. The molecular weight excluding hydrogens is 517 g/mol. The quantitative estimate of drug-likeness (QED) is 0.171. The summed E-state index contributed by atoms with van der Waals surface area (Å²) in [5.74, 6) is -0.434. The van der Waals surface area contributed by atoms with Crippen molar-refractivity contribution in [2.75, 3.05) is 31.1 Å². The second kappa shape index (κ2) is 11.0. The molecule has 0 aliphatic carbocycles. The molecule has 0 spiro atoms. The number of para-hydroxylation sites is 1. The van der Waals surface area contributed by atoms with Crippen LogP contribution in [0.2, 0.25) is 5.02 Å². The van der Waals surface area contributed by atoms with Gasteiger partial charge < -0.3 is 9.32 Å². The Morgan fingerprint density at radius 1 is 1.00 bits per heavy atom. The molecule has 0 bridgehead atoms. The van der Waals surface area contributed by atoms with Crippen molar-refractivity contribution >= 4 is 78.3 Å². The highest BCUT2D eigenvalue weighted by molar-refractivity contribution is 7.22. The van der Waals surface area contributed by atoms with Crippen LogP contribution in [-0.2, 0) is 0 Å². The summed E-state index contributed by atoms with van der Waals surface area (Å²) in [6.07, 6.45) is 0. The van der Waals surface area contributed by atoms with E-state index in [0.29, 0.717) is 34.3 Å². The van der Waals surface area contributed by atoms with E-state index in [9.17, 15) is 9.59 Å². The number of nitrogens with zero attached hydrogens (tertiary/aromatic N) is 3. The van der Waals surface area contributed by atoms with Gasteiger partial charge in [-0.3, -0.25) is 9.69 Å². The molecule has 36 heavy (non-hydrogen) atoms. The van der Waals surface area contributed by atoms with Gasteiger partial charge in [-0.15, -0.1) is 12.4 Å². The maximum Gasteiger partial charge on any atom is 0.349 e. The van der Waals surface area contributed by atoms with Crippen molar-refractivity contribution in [2.24, 2.45) is 0 Å². The van der Waals surface area contributed by atoms with Crippen molar-refractivity contribution < 1.29 is 9.21 Å². The van der Waals surface area contributed by atoms with Crippen molar-refractivity contribution in [3.05, 3.63) is 81.7 Å². The second-order valence-electron chi connectivity index (χ2n) is 8.21.